The molecule has 0 saturated heterocycles. The van der Waals surface area contributed by atoms with Crippen LogP contribution in [0.2, 0.25) is 0 Å². The van der Waals surface area contributed by atoms with E-state index in [-0.39, 0.29) is 24.3 Å². The molecule has 3 rings (SSSR count). The van der Waals surface area contributed by atoms with Crippen LogP contribution >= 0.6 is 11.3 Å². The highest BCUT2D eigenvalue weighted by Crippen LogP contribution is 2.40. The third-order valence-corrected chi connectivity index (χ3v) is 6.04. The Morgan fingerprint density at radius 3 is 2.38 bits per heavy atom. The smallest absolute Gasteiger partial charge is 0.255 e. The Morgan fingerprint density at radius 2 is 1.86 bits per heavy atom. The lowest BCUT2D eigenvalue weighted by Gasteiger charge is -2.24. The second kappa shape index (κ2) is 9.65. The Bertz CT molecular complexity index is 822. The number of carbonyl (C=O) groups is 2. The van der Waals surface area contributed by atoms with Gasteiger partial charge in [0.05, 0.1) is 20.3 Å². The van der Waals surface area contributed by atoms with Crippen LogP contribution < -0.4 is 25.3 Å². The van der Waals surface area contributed by atoms with Crippen molar-refractivity contribution in [3.05, 3.63) is 40.1 Å². The zero-order valence-electron chi connectivity index (χ0n) is 16.6. The molecule has 1 atom stereocenters. The van der Waals surface area contributed by atoms with Crippen LogP contribution in [0, 0.1) is 5.92 Å². The zero-order chi connectivity index (χ0) is 20.8. The quantitative estimate of drug-likeness (QED) is 0.651. The van der Waals surface area contributed by atoms with Crippen LogP contribution in [0.3, 0.4) is 0 Å². The number of methoxy groups -OCH3 is 2. The summed E-state index contributed by atoms with van der Waals surface area (Å²) in [5.74, 6) is 0.420. The van der Waals surface area contributed by atoms with Crippen LogP contribution in [0.5, 0.6) is 17.2 Å². The minimum Gasteiger partial charge on any atom is -0.493 e. The van der Waals surface area contributed by atoms with Crippen LogP contribution in [0.25, 0.3) is 0 Å². The molecule has 7 nitrogen and oxygen atoms in total. The first-order chi connectivity index (χ1) is 14.0. The molecule has 0 spiro atoms. The van der Waals surface area contributed by atoms with Crippen molar-refractivity contribution in [2.45, 2.75) is 31.7 Å². The average molecular weight is 419 g/mol. The van der Waals surface area contributed by atoms with Gasteiger partial charge in [-0.15, -0.1) is 11.3 Å². The van der Waals surface area contributed by atoms with Crippen molar-refractivity contribution in [2.75, 3.05) is 20.8 Å². The van der Waals surface area contributed by atoms with Crippen LogP contribution in [-0.4, -0.2) is 32.6 Å². The summed E-state index contributed by atoms with van der Waals surface area (Å²) in [5.41, 5.74) is 5.55. The van der Waals surface area contributed by atoms with E-state index in [1.54, 1.807) is 23.5 Å². The van der Waals surface area contributed by atoms with E-state index >= 15 is 0 Å². The molecule has 1 heterocycles. The van der Waals surface area contributed by atoms with E-state index in [9.17, 15) is 9.59 Å². The number of amides is 2. The molecule has 1 aromatic heterocycles. The Hall–Kier alpha value is -2.74. The fourth-order valence-corrected chi connectivity index (χ4v) is 4.57. The number of nitrogens with two attached hydrogens (primary N) is 1. The van der Waals surface area contributed by atoms with Crippen molar-refractivity contribution >= 4 is 23.2 Å². The second-order valence-electron chi connectivity index (χ2n) is 6.98. The van der Waals surface area contributed by atoms with Crippen LogP contribution in [0.1, 0.15) is 47.0 Å². The number of carbonyl (C=O) groups excluding carboxylic acids is 2. The number of nitrogens with one attached hydrogen (secondary N) is 1. The highest BCUT2D eigenvalue weighted by Gasteiger charge is 2.29. The van der Waals surface area contributed by atoms with Crippen molar-refractivity contribution < 1.29 is 23.8 Å². The normalized spacial score (nSPS) is 15.0. The van der Waals surface area contributed by atoms with E-state index in [1.165, 1.54) is 27.1 Å². The van der Waals surface area contributed by atoms with E-state index in [0.717, 1.165) is 17.7 Å². The molecule has 0 bridgehead atoms. The number of primary amides is 1. The summed E-state index contributed by atoms with van der Waals surface area (Å²) in [6.07, 6.45) is 4.59. The molecule has 0 radical (unpaired) electrons. The standard InChI is InChI=1S/C21H26N2O5S/c1-26-15-10-14(11-16(27-2)20(15)28-12-18(22)24)21(25)23-19(13-6-3-4-7-13)17-8-5-9-29-17/h5,8-11,13,19H,3-4,6-7,12H2,1-2H3,(H2,22,24)(H,23,25). The van der Waals surface area contributed by atoms with E-state index in [0.29, 0.717) is 23.0 Å². The van der Waals surface area contributed by atoms with Crippen LogP contribution in [-0.2, 0) is 4.79 Å². The average Bonchev–Trinajstić information content (AvgIpc) is 3.43. The molecule has 2 aromatic rings. The summed E-state index contributed by atoms with van der Waals surface area (Å²) >= 11 is 1.65. The summed E-state index contributed by atoms with van der Waals surface area (Å²) in [6.45, 7) is -0.319. The third kappa shape index (κ3) is 5.00. The molecule has 0 aliphatic heterocycles. The molecule has 1 aliphatic rings. The minimum atomic E-state index is -0.619. The predicted molar refractivity (Wildman–Crippen MR) is 111 cm³/mol. The lowest BCUT2D eigenvalue weighted by Crippen LogP contribution is -2.32. The van der Waals surface area contributed by atoms with E-state index in [2.05, 4.69) is 11.4 Å². The maximum Gasteiger partial charge on any atom is 0.255 e. The fraction of sp³-hybridized carbons (Fsp3) is 0.429. The lowest BCUT2D eigenvalue weighted by molar-refractivity contribution is -0.120. The SMILES string of the molecule is COc1cc(C(=O)NC(c2cccs2)C2CCCC2)cc(OC)c1OCC(N)=O. The van der Waals surface area contributed by atoms with Gasteiger partial charge >= 0.3 is 0 Å². The number of hydrogen-bond donors (Lipinski definition) is 2. The molecule has 1 fully saturated rings. The summed E-state index contributed by atoms with van der Waals surface area (Å²) in [7, 11) is 2.92. The van der Waals surface area contributed by atoms with Gasteiger partial charge in [-0.05, 0) is 42.3 Å². The van der Waals surface area contributed by atoms with Gasteiger partial charge in [0.15, 0.2) is 18.1 Å². The molecule has 1 unspecified atom stereocenters. The minimum absolute atomic E-state index is 0.0206. The molecule has 1 aliphatic carbocycles. The van der Waals surface area contributed by atoms with E-state index in [1.807, 2.05) is 11.4 Å². The Labute approximate surface area is 174 Å². The fourth-order valence-electron chi connectivity index (χ4n) is 3.70. The number of thiophene rings is 1. The van der Waals surface area contributed by atoms with Crippen molar-refractivity contribution in [3.63, 3.8) is 0 Å². The van der Waals surface area contributed by atoms with E-state index in [4.69, 9.17) is 19.9 Å². The van der Waals surface area contributed by atoms with Crippen molar-refractivity contribution in [1.82, 2.24) is 5.32 Å². The van der Waals surface area contributed by atoms with Gasteiger partial charge in [-0.1, -0.05) is 18.9 Å². The first kappa shape index (κ1) is 21.0. The summed E-state index contributed by atoms with van der Waals surface area (Å²) in [5, 5.41) is 5.22. The van der Waals surface area contributed by atoms with Crippen molar-refractivity contribution in [3.8, 4) is 17.2 Å². The number of hydrogen-bond acceptors (Lipinski definition) is 6. The summed E-state index contributed by atoms with van der Waals surface area (Å²) in [6, 6.07) is 7.21. The molecule has 3 N–H and O–H groups in total. The molecule has 1 saturated carbocycles. The van der Waals surface area contributed by atoms with Crippen LogP contribution in [0.15, 0.2) is 29.6 Å². The Kier molecular flexibility index (Phi) is 6.98. The van der Waals surface area contributed by atoms with Gasteiger partial charge < -0.3 is 25.3 Å². The van der Waals surface area contributed by atoms with Gasteiger partial charge in [-0.3, -0.25) is 9.59 Å². The topological polar surface area (TPSA) is 99.9 Å². The largest absolute Gasteiger partial charge is 0.493 e. The maximum atomic E-state index is 13.1. The molecule has 156 valence electrons. The van der Waals surface area contributed by atoms with Gasteiger partial charge in [0.2, 0.25) is 5.75 Å². The summed E-state index contributed by atoms with van der Waals surface area (Å²) < 4.78 is 16.1. The molecule has 1 aromatic carbocycles. The third-order valence-electron chi connectivity index (χ3n) is 5.09. The predicted octanol–water partition coefficient (Wildman–Crippen LogP) is 3.29. The molecule has 8 heteroatoms. The van der Waals surface area contributed by atoms with Gasteiger partial charge in [0.25, 0.3) is 11.8 Å². The van der Waals surface area contributed by atoms with Gasteiger partial charge in [-0.25, -0.2) is 0 Å². The van der Waals surface area contributed by atoms with Gasteiger partial charge in [-0.2, -0.15) is 0 Å². The van der Waals surface area contributed by atoms with Crippen LogP contribution in [0.4, 0.5) is 0 Å². The highest BCUT2D eigenvalue weighted by molar-refractivity contribution is 7.10. The monoisotopic (exact) mass is 418 g/mol. The first-order valence-electron chi connectivity index (χ1n) is 9.55. The van der Waals surface area contributed by atoms with Crippen molar-refractivity contribution in [2.24, 2.45) is 11.7 Å². The number of ether oxygens (including phenoxy) is 3. The summed E-state index contributed by atoms with van der Waals surface area (Å²) in [4.78, 5) is 25.3. The van der Waals surface area contributed by atoms with Gasteiger partial charge in [0.1, 0.15) is 0 Å². The molecule has 2 amide bonds. The molecular weight excluding hydrogens is 392 g/mol. The maximum absolute atomic E-state index is 13.1. The Balaban J connectivity index is 1.86. The zero-order valence-corrected chi connectivity index (χ0v) is 17.4. The Morgan fingerprint density at radius 1 is 1.21 bits per heavy atom. The number of rotatable bonds is 9. The molecule has 29 heavy (non-hydrogen) atoms. The highest BCUT2D eigenvalue weighted by atomic mass is 32.1. The number of benzene rings is 1. The van der Waals surface area contributed by atoms with Gasteiger partial charge in [0, 0.05) is 10.4 Å². The first-order valence-corrected chi connectivity index (χ1v) is 10.4. The lowest BCUT2D eigenvalue weighted by atomic mass is 9.96. The van der Waals surface area contributed by atoms with Crippen molar-refractivity contribution in [1.29, 1.82) is 0 Å². The van der Waals surface area contributed by atoms with E-state index < -0.39 is 5.91 Å². The second-order valence-corrected chi connectivity index (χ2v) is 7.96. The molecular formula is C21H26N2O5S.